The standard InChI is InChI=1S/C13H10N4O2S.C7H12O.2C3H6.C2H6/c14-12-11(20-13(15)16-12)10(18)9-6-8(17-19-9)7-4-2-1-3-5-7;1-4-5-8-6-7(2)3;2*1-3-2;1-2/h1-6H,14H2,(H2,15,16);4H,1-2,5-6H2,3H3;2*3H,1H2,2H3;1-2H3. The number of hydrogen-bond donors (Lipinski definition) is 2. The average Bonchev–Trinajstić information content (AvgIpc) is 3.48. The van der Waals surface area contributed by atoms with Crippen molar-refractivity contribution >= 4 is 28.1 Å². The number of anilines is 2. The van der Waals surface area contributed by atoms with E-state index in [0.717, 1.165) is 22.5 Å². The number of ketones is 1. The third-order valence-corrected chi connectivity index (χ3v) is 4.16. The van der Waals surface area contributed by atoms with Gasteiger partial charge in [-0.2, -0.15) is 0 Å². The summed E-state index contributed by atoms with van der Waals surface area (Å²) in [5, 5.41) is 4.13. The minimum absolute atomic E-state index is 0.107. The molecule has 0 radical (unpaired) electrons. The van der Waals surface area contributed by atoms with Gasteiger partial charge in [0, 0.05) is 11.6 Å². The molecule has 3 aromatic rings. The van der Waals surface area contributed by atoms with E-state index in [-0.39, 0.29) is 27.4 Å². The maximum atomic E-state index is 12.2. The van der Waals surface area contributed by atoms with Crippen LogP contribution in [0.4, 0.5) is 10.9 Å². The minimum Gasteiger partial charge on any atom is -0.382 e. The Morgan fingerprint density at radius 2 is 1.67 bits per heavy atom. The minimum atomic E-state index is -0.369. The Balaban J connectivity index is 0. The highest BCUT2D eigenvalue weighted by Gasteiger charge is 2.21. The molecule has 7 nitrogen and oxygen atoms in total. The number of carbonyl (C=O) groups is 1. The molecule has 0 spiro atoms. The molecule has 2 aromatic heterocycles. The van der Waals surface area contributed by atoms with Gasteiger partial charge in [-0.05, 0) is 20.8 Å². The number of thiazole rings is 1. The van der Waals surface area contributed by atoms with Gasteiger partial charge in [0.2, 0.25) is 11.5 Å². The number of nitrogens with two attached hydrogens (primary N) is 2. The highest BCUT2D eigenvalue weighted by atomic mass is 32.1. The van der Waals surface area contributed by atoms with Crippen LogP contribution in [-0.2, 0) is 4.74 Å². The summed E-state index contributed by atoms with van der Waals surface area (Å²) < 4.78 is 10.1. The van der Waals surface area contributed by atoms with Crippen molar-refractivity contribution < 1.29 is 14.1 Å². The molecule has 0 amide bonds. The Morgan fingerprint density at radius 1 is 1.11 bits per heavy atom. The van der Waals surface area contributed by atoms with E-state index in [2.05, 4.69) is 36.5 Å². The number of allylic oxidation sites excluding steroid dienone is 2. The Bertz CT molecular complexity index is 1030. The molecule has 196 valence electrons. The molecule has 1 aromatic carbocycles. The van der Waals surface area contributed by atoms with Crippen molar-refractivity contribution in [2.24, 2.45) is 0 Å². The molecule has 0 saturated heterocycles. The highest BCUT2D eigenvalue weighted by Crippen LogP contribution is 2.27. The lowest BCUT2D eigenvalue weighted by atomic mass is 10.1. The monoisotopic (exact) mass is 512 g/mol. The normalized spacial score (nSPS) is 8.69. The van der Waals surface area contributed by atoms with Crippen molar-refractivity contribution in [2.45, 2.75) is 34.6 Å². The van der Waals surface area contributed by atoms with Gasteiger partial charge in [0.05, 0.1) is 13.2 Å². The summed E-state index contributed by atoms with van der Waals surface area (Å²) >= 11 is 1.03. The Kier molecular flexibility index (Phi) is 20.8. The van der Waals surface area contributed by atoms with Gasteiger partial charge >= 0.3 is 0 Å². The lowest BCUT2D eigenvalue weighted by Crippen LogP contribution is -2.01. The predicted octanol–water partition coefficient (Wildman–Crippen LogP) is 7.37. The van der Waals surface area contributed by atoms with Crippen molar-refractivity contribution in [3.05, 3.63) is 97.2 Å². The number of carbonyl (C=O) groups excluding carboxylic acids is 1. The molecule has 0 unspecified atom stereocenters. The number of nitrogen functional groups attached to an aromatic ring is 2. The Morgan fingerprint density at radius 3 is 2.11 bits per heavy atom. The molecule has 3 rings (SSSR count). The van der Waals surface area contributed by atoms with Crippen LogP contribution in [0.5, 0.6) is 0 Å². The van der Waals surface area contributed by atoms with Crippen LogP contribution in [0.15, 0.2) is 91.0 Å². The number of benzene rings is 1. The van der Waals surface area contributed by atoms with Crippen molar-refractivity contribution in [2.75, 3.05) is 24.7 Å². The van der Waals surface area contributed by atoms with E-state index in [1.54, 1.807) is 24.3 Å². The van der Waals surface area contributed by atoms with Gasteiger partial charge in [0.1, 0.15) is 16.4 Å². The first kappa shape index (κ1) is 34.4. The zero-order valence-electron chi connectivity index (χ0n) is 22.1. The smallest absolute Gasteiger partial charge is 0.244 e. The number of aromatic nitrogens is 2. The van der Waals surface area contributed by atoms with E-state index in [1.807, 2.05) is 65.0 Å². The largest absolute Gasteiger partial charge is 0.382 e. The van der Waals surface area contributed by atoms with Crippen LogP contribution in [0.1, 0.15) is 50.1 Å². The van der Waals surface area contributed by atoms with Crippen LogP contribution in [-0.4, -0.2) is 29.1 Å². The number of rotatable bonds is 7. The van der Waals surface area contributed by atoms with E-state index in [1.165, 1.54) is 0 Å². The fourth-order valence-electron chi connectivity index (χ4n) is 2.07. The zero-order chi connectivity index (χ0) is 27.9. The quantitative estimate of drug-likeness (QED) is 0.193. The highest BCUT2D eigenvalue weighted by molar-refractivity contribution is 7.18. The van der Waals surface area contributed by atoms with Crippen LogP contribution in [0.3, 0.4) is 0 Å². The second-order valence-corrected chi connectivity index (χ2v) is 7.65. The molecule has 4 N–H and O–H groups in total. The van der Waals surface area contributed by atoms with Crippen LogP contribution in [0.25, 0.3) is 11.3 Å². The third kappa shape index (κ3) is 14.5. The first-order chi connectivity index (χ1) is 17.2. The lowest BCUT2D eigenvalue weighted by Gasteiger charge is -1.96. The molecule has 8 heteroatoms. The van der Waals surface area contributed by atoms with E-state index >= 15 is 0 Å². The molecular formula is C28H40N4O3S. The van der Waals surface area contributed by atoms with E-state index < -0.39 is 0 Å². The van der Waals surface area contributed by atoms with Crippen LogP contribution >= 0.6 is 11.3 Å². The molecule has 0 fully saturated rings. The fraction of sp³-hybridized carbons (Fsp3) is 0.250. The molecular weight excluding hydrogens is 472 g/mol. The molecule has 0 aliphatic rings. The Labute approximate surface area is 219 Å². The molecule has 0 bridgehead atoms. The van der Waals surface area contributed by atoms with E-state index in [9.17, 15) is 4.79 Å². The van der Waals surface area contributed by atoms with Crippen LogP contribution in [0, 0.1) is 0 Å². The molecule has 0 atom stereocenters. The average molecular weight is 513 g/mol. The third-order valence-electron chi connectivity index (χ3n) is 3.26. The summed E-state index contributed by atoms with van der Waals surface area (Å²) in [6.07, 6.45) is 5.23. The molecule has 0 aliphatic heterocycles. The molecule has 36 heavy (non-hydrogen) atoms. The zero-order valence-corrected chi connectivity index (χ0v) is 22.9. The summed E-state index contributed by atoms with van der Waals surface area (Å²) in [6, 6.07) is 11.0. The van der Waals surface area contributed by atoms with E-state index in [0.29, 0.717) is 18.9 Å². The summed E-state index contributed by atoms with van der Waals surface area (Å²) in [6.45, 7) is 24.9. The van der Waals surface area contributed by atoms with Gasteiger partial charge in [-0.1, -0.05) is 91.1 Å². The van der Waals surface area contributed by atoms with Crippen LogP contribution in [0.2, 0.25) is 0 Å². The van der Waals surface area contributed by atoms with Crippen LogP contribution < -0.4 is 11.5 Å². The van der Waals surface area contributed by atoms with Gasteiger partial charge < -0.3 is 20.7 Å². The van der Waals surface area contributed by atoms with Gasteiger partial charge in [-0.25, -0.2) is 4.98 Å². The van der Waals surface area contributed by atoms with E-state index in [4.69, 9.17) is 20.7 Å². The van der Waals surface area contributed by atoms with Crippen molar-refractivity contribution in [3.63, 3.8) is 0 Å². The Hall–Kier alpha value is -3.75. The number of hydrogen-bond acceptors (Lipinski definition) is 8. The first-order valence-electron chi connectivity index (χ1n) is 11.3. The topological polar surface area (TPSA) is 117 Å². The SMILES string of the molecule is C=CC.C=CC.C=CCOCC(=C)C.CC.Nc1nc(N)c(C(=O)c2cc(-c3ccccc3)no2)s1. The van der Waals surface area contributed by atoms with Gasteiger partial charge in [0.25, 0.3) is 0 Å². The number of ether oxygens (including phenoxy) is 1. The van der Waals surface area contributed by atoms with Crippen molar-refractivity contribution in [1.29, 1.82) is 0 Å². The second-order valence-electron chi connectivity index (χ2n) is 6.62. The second kappa shape index (κ2) is 21.8. The maximum Gasteiger partial charge on any atom is 0.244 e. The lowest BCUT2D eigenvalue weighted by molar-refractivity contribution is 0.100. The molecule has 2 heterocycles. The van der Waals surface area contributed by atoms with Gasteiger partial charge in [0.15, 0.2) is 5.13 Å². The summed E-state index contributed by atoms with van der Waals surface area (Å²) in [5.41, 5.74) is 13.7. The summed E-state index contributed by atoms with van der Waals surface area (Å²) in [7, 11) is 0. The summed E-state index contributed by atoms with van der Waals surface area (Å²) in [4.78, 5) is 16.3. The van der Waals surface area contributed by atoms with Gasteiger partial charge in [-0.15, -0.1) is 19.7 Å². The fourth-order valence-corrected chi connectivity index (χ4v) is 2.76. The number of nitrogens with zero attached hydrogens (tertiary/aromatic N) is 2. The van der Waals surface area contributed by atoms with Crippen molar-refractivity contribution in [3.8, 4) is 11.3 Å². The van der Waals surface area contributed by atoms with Gasteiger partial charge in [-0.3, -0.25) is 4.79 Å². The maximum absolute atomic E-state index is 12.2. The molecule has 0 aliphatic carbocycles. The van der Waals surface area contributed by atoms with Crippen molar-refractivity contribution in [1.82, 2.24) is 10.1 Å². The first-order valence-corrected chi connectivity index (χ1v) is 12.1. The summed E-state index contributed by atoms with van der Waals surface area (Å²) in [5.74, 6) is -0.152. The predicted molar refractivity (Wildman–Crippen MR) is 155 cm³/mol. The molecule has 0 saturated carbocycles.